The van der Waals surface area contributed by atoms with Crippen LogP contribution in [0.15, 0.2) is 18.2 Å². The fraction of sp³-hybridized carbons (Fsp3) is 0.500. The Hall–Kier alpha value is -1.73. The molecule has 96 valence electrons. The molecule has 0 bridgehead atoms. The van der Waals surface area contributed by atoms with Gasteiger partial charge in [0, 0.05) is 11.6 Å². The maximum atomic E-state index is 8.91. The van der Waals surface area contributed by atoms with Crippen molar-refractivity contribution in [2.45, 2.75) is 26.3 Å². The summed E-state index contributed by atoms with van der Waals surface area (Å²) in [6.07, 6.45) is 0.695. The Morgan fingerprint density at radius 1 is 1.56 bits per heavy atom. The molecule has 2 rings (SSSR count). The molecular formula is C14H18N2O2. The van der Waals surface area contributed by atoms with Crippen molar-refractivity contribution in [3.05, 3.63) is 23.8 Å². The van der Waals surface area contributed by atoms with E-state index in [0.29, 0.717) is 19.6 Å². The lowest BCUT2D eigenvalue weighted by molar-refractivity contribution is 0.263. The minimum Gasteiger partial charge on any atom is -0.493 e. The van der Waals surface area contributed by atoms with Gasteiger partial charge in [-0.05, 0) is 32.4 Å². The molecule has 1 heterocycles. The second-order valence-electron chi connectivity index (χ2n) is 5.21. The molecule has 0 saturated carbocycles. The maximum absolute atomic E-state index is 8.91. The number of hydrogen-bond donors (Lipinski definition) is 1. The highest BCUT2D eigenvalue weighted by atomic mass is 16.5. The molecule has 2 N–H and O–H groups in total. The van der Waals surface area contributed by atoms with Crippen LogP contribution < -0.4 is 15.2 Å². The van der Waals surface area contributed by atoms with Gasteiger partial charge in [0.1, 0.15) is 18.1 Å². The van der Waals surface area contributed by atoms with E-state index in [0.717, 1.165) is 17.1 Å². The van der Waals surface area contributed by atoms with Gasteiger partial charge >= 0.3 is 0 Å². The van der Waals surface area contributed by atoms with Gasteiger partial charge in [0.25, 0.3) is 0 Å². The van der Waals surface area contributed by atoms with Crippen LogP contribution in [0.3, 0.4) is 0 Å². The van der Waals surface area contributed by atoms with Crippen LogP contribution in [0, 0.1) is 16.7 Å². The van der Waals surface area contributed by atoms with Crippen LogP contribution in [0.5, 0.6) is 11.5 Å². The van der Waals surface area contributed by atoms with Crippen LogP contribution in [-0.2, 0) is 0 Å². The van der Waals surface area contributed by atoms with Crippen molar-refractivity contribution < 1.29 is 9.47 Å². The van der Waals surface area contributed by atoms with E-state index in [4.69, 9.17) is 20.5 Å². The smallest absolute Gasteiger partial charge is 0.127 e. The van der Waals surface area contributed by atoms with E-state index in [-0.39, 0.29) is 11.5 Å². The topological polar surface area (TPSA) is 68.3 Å². The molecule has 0 fully saturated rings. The Balaban J connectivity index is 1.94. The molecule has 1 aliphatic heterocycles. The first-order valence-electron chi connectivity index (χ1n) is 6.08. The van der Waals surface area contributed by atoms with Crippen LogP contribution in [0.4, 0.5) is 0 Å². The summed E-state index contributed by atoms with van der Waals surface area (Å²) in [6.45, 7) is 4.86. The molecule has 0 amide bonds. The standard InChI is InChI=1S/C14H18N2O2/c1-14(2,9-15)5-6-17-10-3-4-11-12(16)8-18-13(11)7-10/h3-4,7,12H,5-6,8,16H2,1-2H3. The minimum absolute atomic E-state index is 0.0356. The van der Waals surface area contributed by atoms with E-state index < -0.39 is 0 Å². The quantitative estimate of drug-likeness (QED) is 0.885. The van der Waals surface area contributed by atoms with Crippen molar-refractivity contribution in [2.24, 2.45) is 11.1 Å². The number of ether oxygens (including phenoxy) is 2. The van der Waals surface area contributed by atoms with Crippen LogP contribution in [0.25, 0.3) is 0 Å². The summed E-state index contributed by atoms with van der Waals surface area (Å²) in [5, 5.41) is 8.91. The Bertz CT molecular complexity index is 477. The first kappa shape index (κ1) is 12.7. The van der Waals surface area contributed by atoms with Gasteiger partial charge in [0.2, 0.25) is 0 Å². The van der Waals surface area contributed by atoms with Crippen molar-refractivity contribution in [1.29, 1.82) is 5.26 Å². The maximum Gasteiger partial charge on any atom is 0.127 e. The summed E-state index contributed by atoms with van der Waals surface area (Å²) >= 11 is 0. The molecule has 1 unspecified atom stereocenters. The van der Waals surface area contributed by atoms with E-state index >= 15 is 0 Å². The number of nitriles is 1. The number of benzene rings is 1. The van der Waals surface area contributed by atoms with Crippen molar-refractivity contribution in [3.8, 4) is 17.6 Å². The second kappa shape index (κ2) is 4.87. The SMILES string of the molecule is CC(C)(C#N)CCOc1ccc2c(c1)OCC2N. The van der Waals surface area contributed by atoms with Crippen LogP contribution >= 0.6 is 0 Å². The minimum atomic E-state index is -0.352. The number of rotatable bonds is 4. The van der Waals surface area contributed by atoms with Gasteiger partial charge in [-0.2, -0.15) is 5.26 Å². The highest BCUT2D eigenvalue weighted by Crippen LogP contribution is 2.34. The molecule has 4 heteroatoms. The molecule has 1 aliphatic rings. The van der Waals surface area contributed by atoms with Gasteiger partial charge in [-0.15, -0.1) is 0 Å². The number of nitrogens with zero attached hydrogens (tertiary/aromatic N) is 1. The zero-order valence-corrected chi connectivity index (χ0v) is 10.8. The normalized spacial score (nSPS) is 17.8. The highest BCUT2D eigenvalue weighted by molar-refractivity contribution is 5.44. The van der Waals surface area contributed by atoms with Gasteiger partial charge < -0.3 is 15.2 Å². The molecule has 1 aromatic carbocycles. The molecule has 18 heavy (non-hydrogen) atoms. The molecule has 0 radical (unpaired) electrons. The van der Waals surface area contributed by atoms with E-state index in [9.17, 15) is 0 Å². The third kappa shape index (κ3) is 2.74. The molecule has 0 spiro atoms. The first-order valence-corrected chi connectivity index (χ1v) is 6.08. The lowest BCUT2D eigenvalue weighted by atomic mass is 9.92. The molecule has 0 aromatic heterocycles. The molecule has 0 saturated heterocycles. The van der Waals surface area contributed by atoms with Crippen molar-refractivity contribution in [1.82, 2.24) is 0 Å². The highest BCUT2D eigenvalue weighted by Gasteiger charge is 2.21. The fourth-order valence-corrected chi connectivity index (χ4v) is 1.79. The summed E-state index contributed by atoms with van der Waals surface area (Å²) in [7, 11) is 0. The third-order valence-corrected chi connectivity index (χ3v) is 3.10. The summed E-state index contributed by atoms with van der Waals surface area (Å²) in [5.41, 5.74) is 6.55. The Labute approximate surface area is 107 Å². The molecule has 1 aromatic rings. The van der Waals surface area contributed by atoms with Crippen LogP contribution in [0.2, 0.25) is 0 Å². The van der Waals surface area contributed by atoms with E-state index in [1.54, 1.807) is 0 Å². The van der Waals surface area contributed by atoms with Gasteiger partial charge in [-0.3, -0.25) is 0 Å². The van der Waals surface area contributed by atoms with Crippen LogP contribution in [0.1, 0.15) is 31.9 Å². The molecule has 1 atom stereocenters. The Morgan fingerprint density at radius 3 is 3.06 bits per heavy atom. The first-order chi connectivity index (χ1) is 8.52. The third-order valence-electron chi connectivity index (χ3n) is 3.10. The monoisotopic (exact) mass is 246 g/mol. The summed E-state index contributed by atoms with van der Waals surface area (Å²) in [4.78, 5) is 0. The molecule has 4 nitrogen and oxygen atoms in total. The van der Waals surface area contributed by atoms with E-state index in [2.05, 4.69) is 6.07 Å². The summed E-state index contributed by atoms with van der Waals surface area (Å²) < 4.78 is 11.1. The van der Waals surface area contributed by atoms with Gasteiger partial charge in [0.15, 0.2) is 0 Å². The number of fused-ring (bicyclic) bond motifs is 1. The summed E-state index contributed by atoms with van der Waals surface area (Å²) in [5.74, 6) is 1.57. The molecule has 0 aliphatic carbocycles. The lowest BCUT2D eigenvalue weighted by Gasteiger charge is -2.15. The predicted octanol–water partition coefficient (Wildman–Crippen LogP) is 2.40. The van der Waals surface area contributed by atoms with Crippen molar-refractivity contribution >= 4 is 0 Å². The predicted molar refractivity (Wildman–Crippen MR) is 68.4 cm³/mol. The Kier molecular flexibility index (Phi) is 3.44. The lowest BCUT2D eigenvalue weighted by Crippen LogP contribution is -2.13. The fourth-order valence-electron chi connectivity index (χ4n) is 1.79. The average molecular weight is 246 g/mol. The van der Waals surface area contributed by atoms with Gasteiger partial charge in [-0.25, -0.2) is 0 Å². The summed E-state index contributed by atoms with van der Waals surface area (Å²) in [6, 6.07) is 7.92. The number of hydrogen-bond acceptors (Lipinski definition) is 4. The average Bonchev–Trinajstić information content (AvgIpc) is 2.71. The van der Waals surface area contributed by atoms with E-state index in [1.807, 2.05) is 32.0 Å². The zero-order valence-electron chi connectivity index (χ0n) is 10.8. The number of nitrogens with two attached hydrogens (primary N) is 1. The van der Waals surface area contributed by atoms with Crippen molar-refractivity contribution in [3.63, 3.8) is 0 Å². The largest absolute Gasteiger partial charge is 0.493 e. The molecular weight excluding hydrogens is 228 g/mol. The van der Waals surface area contributed by atoms with Crippen LogP contribution in [-0.4, -0.2) is 13.2 Å². The Morgan fingerprint density at radius 2 is 2.33 bits per heavy atom. The zero-order chi connectivity index (χ0) is 13.2. The van der Waals surface area contributed by atoms with Crippen molar-refractivity contribution in [2.75, 3.05) is 13.2 Å². The van der Waals surface area contributed by atoms with E-state index in [1.165, 1.54) is 0 Å². The second-order valence-corrected chi connectivity index (χ2v) is 5.21. The van der Waals surface area contributed by atoms with Gasteiger partial charge in [-0.1, -0.05) is 0 Å². The van der Waals surface area contributed by atoms with Gasteiger partial charge in [0.05, 0.1) is 24.1 Å².